The van der Waals surface area contributed by atoms with Gasteiger partial charge in [-0.3, -0.25) is 14.4 Å². The first-order valence-corrected chi connectivity index (χ1v) is 10.2. The van der Waals surface area contributed by atoms with Crippen molar-refractivity contribution in [1.82, 2.24) is 9.80 Å². The number of rotatable bonds is 7. The predicted octanol–water partition coefficient (Wildman–Crippen LogP) is 2.37. The molecule has 0 saturated carbocycles. The minimum atomic E-state index is -0.442. The highest BCUT2D eigenvalue weighted by molar-refractivity contribution is 5.95. The summed E-state index contributed by atoms with van der Waals surface area (Å²) in [6, 6.07) is 13.7. The average molecular weight is 426 g/mol. The Kier molecular flexibility index (Phi) is 7.48. The monoisotopic (exact) mass is 426 g/mol. The van der Waals surface area contributed by atoms with Crippen LogP contribution in [0, 0.1) is 0 Å². The maximum Gasteiger partial charge on any atom is 0.308 e. The van der Waals surface area contributed by atoms with E-state index in [1.165, 1.54) is 6.92 Å². The van der Waals surface area contributed by atoms with E-state index in [0.29, 0.717) is 55.6 Å². The van der Waals surface area contributed by atoms with Gasteiger partial charge in [0.1, 0.15) is 5.75 Å². The number of amides is 2. The van der Waals surface area contributed by atoms with Gasteiger partial charge in [-0.15, -0.1) is 0 Å². The fourth-order valence-electron chi connectivity index (χ4n) is 3.28. The molecule has 0 aromatic heterocycles. The summed E-state index contributed by atoms with van der Waals surface area (Å²) in [6.45, 7) is 5.28. The normalized spacial score (nSPS) is 13.5. The van der Waals surface area contributed by atoms with E-state index in [9.17, 15) is 14.4 Å². The zero-order chi connectivity index (χ0) is 22.2. The second-order valence-corrected chi connectivity index (χ2v) is 6.96. The number of para-hydroxylation sites is 2. The highest BCUT2D eigenvalue weighted by atomic mass is 16.5. The number of nitrogens with zero attached hydrogens (tertiary/aromatic N) is 2. The molecular weight excluding hydrogens is 400 g/mol. The van der Waals surface area contributed by atoms with Gasteiger partial charge in [0.2, 0.25) is 0 Å². The molecule has 1 fully saturated rings. The Morgan fingerprint density at radius 3 is 2.16 bits per heavy atom. The Morgan fingerprint density at radius 2 is 1.52 bits per heavy atom. The number of esters is 1. The van der Waals surface area contributed by atoms with Crippen LogP contribution >= 0.6 is 0 Å². The summed E-state index contributed by atoms with van der Waals surface area (Å²) in [5, 5.41) is 0. The van der Waals surface area contributed by atoms with E-state index in [1.807, 2.05) is 19.1 Å². The molecule has 1 saturated heterocycles. The van der Waals surface area contributed by atoms with Crippen LogP contribution in [-0.4, -0.2) is 67.0 Å². The van der Waals surface area contributed by atoms with E-state index in [-0.39, 0.29) is 18.4 Å². The molecule has 164 valence electrons. The van der Waals surface area contributed by atoms with Gasteiger partial charge in [0.15, 0.2) is 18.1 Å². The second kappa shape index (κ2) is 10.5. The van der Waals surface area contributed by atoms with Crippen LogP contribution in [0.4, 0.5) is 0 Å². The molecule has 2 aromatic carbocycles. The standard InChI is InChI=1S/C23H26N2O6/c1-3-29-20-9-4-5-10-21(20)30-16-22(27)24-11-13-25(14-12-24)23(28)18-7-6-8-19(15-18)31-17(2)26/h4-10,15H,3,11-14,16H2,1-2H3. The van der Waals surface area contributed by atoms with E-state index < -0.39 is 5.97 Å². The van der Waals surface area contributed by atoms with Crippen molar-refractivity contribution in [2.45, 2.75) is 13.8 Å². The Hall–Kier alpha value is -3.55. The number of ether oxygens (including phenoxy) is 3. The lowest BCUT2D eigenvalue weighted by Gasteiger charge is -2.34. The molecule has 1 aliphatic heterocycles. The zero-order valence-electron chi connectivity index (χ0n) is 17.7. The quantitative estimate of drug-likeness (QED) is 0.499. The van der Waals surface area contributed by atoms with Crippen molar-refractivity contribution in [3.63, 3.8) is 0 Å². The van der Waals surface area contributed by atoms with Gasteiger partial charge in [-0.25, -0.2) is 0 Å². The predicted molar refractivity (Wildman–Crippen MR) is 113 cm³/mol. The zero-order valence-corrected chi connectivity index (χ0v) is 17.7. The van der Waals surface area contributed by atoms with E-state index in [2.05, 4.69) is 0 Å². The minimum absolute atomic E-state index is 0.0948. The molecule has 0 unspecified atom stereocenters. The molecule has 0 bridgehead atoms. The third kappa shape index (κ3) is 5.97. The van der Waals surface area contributed by atoms with Gasteiger partial charge >= 0.3 is 5.97 Å². The molecule has 0 radical (unpaired) electrons. The van der Waals surface area contributed by atoms with E-state index in [4.69, 9.17) is 14.2 Å². The Labute approximate surface area is 181 Å². The molecule has 0 spiro atoms. The maximum absolute atomic E-state index is 12.8. The third-order valence-corrected chi connectivity index (χ3v) is 4.76. The number of carbonyl (C=O) groups is 3. The first-order chi connectivity index (χ1) is 15.0. The van der Waals surface area contributed by atoms with Crippen LogP contribution in [-0.2, 0) is 9.59 Å². The Bertz CT molecular complexity index is 937. The van der Waals surface area contributed by atoms with Gasteiger partial charge in [0, 0.05) is 38.7 Å². The summed E-state index contributed by atoms with van der Waals surface area (Å²) >= 11 is 0. The number of piperazine rings is 1. The lowest BCUT2D eigenvalue weighted by atomic mass is 10.1. The summed E-state index contributed by atoms with van der Waals surface area (Å²) < 4.78 is 16.2. The number of benzene rings is 2. The van der Waals surface area contributed by atoms with Crippen LogP contribution in [0.15, 0.2) is 48.5 Å². The summed E-state index contributed by atoms with van der Waals surface area (Å²) in [5.41, 5.74) is 0.439. The van der Waals surface area contributed by atoms with Gasteiger partial charge in [-0.1, -0.05) is 18.2 Å². The molecule has 1 aliphatic rings. The molecular formula is C23H26N2O6. The molecule has 8 nitrogen and oxygen atoms in total. The fraction of sp³-hybridized carbons (Fsp3) is 0.348. The van der Waals surface area contributed by atoms with Crippen LogP contribution in [0.3, 0.4) is 0 Å². The first kappa shape index (κ1) is 22.1. The van der Waals surface area contributed by atoms with E-state index in [1.54, 1.807) is 46.2 Å². The van der Waals surface area contributed by atoms with Crippen molar-refractivity contribution in [3.05, 3.63) is 54.1 Å². The smallest absolute Gasteiger partial charge is 0.308 e. The number of carbonyl (C=O) groups excluding carboxylic acids is 3. The third-order valence-electron chi connectivity index (χ3n) is 4.76. The van der Waals surface area contributed by atoms with Gasteiger partial charge in [0.25, 0.3) is 11.8 Å². The van der Waals surface area contributed by atoms with E-state index in [0.717, 1.165) is 0 Å². The van der Waals surface area contributed by atoms with Crippen molar-refractivity contribution in [2.24, 2.45) is 0 Å². The Balaban J connectivity index is 1.52. The molecule has 0 aliphatic carbocycles. The minimum Gasteiger partial charge on any atom is -0.490 e. The van der Waals surface area contributed by atoms with Crippen molar-refractivity contribution in [2.75, 3.05) is 39.4 Å². The number of hydrogen-bond acceptors (Lipinski definition) is 6. The molecule has 2 amide bonds. The van der Waals surface area contributed by atoms with Crippen molar-refractivity contribution < 1.29 is 28.6 Å². The summed E-state index contributed by atoms with van der Waals surface area (Å²) in [5.74, 6) is 0.709. The first-order valence-electron chi connectivity index (χ1n) is 10.2. The summed E-state index contributed by atoms with van der Waals surface area (Å²) in [6.07, 6.45) is 0. The van der Waals surface area contributed by atoms with E-state index >= 15 is 0 Å². The van der Waals surface area contributed by atoms with Crippen LogP contribution in [0.5, 0.6) is 17.2 Å². The summed E-state index contributed by atoms with van der Waals surface area (Å²) in [4.78, 5) is 39.8. The average Bonchev–Trinajstić information content (AvgIpc) is 2.78. The highest BCUT2D eigenvalue weighted by Gasteiger charge is 2.25. The highest BCUT2D eigenvalue weighted by Crippen LogP contribution is 2.26. The lowest BCUT2D eigenvalue weighted by molar-refractivity contribution is -0.135. The van der Waals surface area contributed by atoms with Gasteiger partial charge in [0.05, 0.1) is 6.61 Å². The van der Waals surface area contributed by atoms with Gasteiger partial charge < -0.3 is 24.0 Å². The van der Waals surface area contributed by atoms with Crippen molar-refractivity contribution in [1.29, 1.82) is 0 Å². The van der Waals surface area contributed by atoms with Crippen molar-refractivity contribution >= 4 is 17.8 Å². The molecule has 3 rings (SSSR count). The SMILES string of the molecule is CCOc1ccccc1OCC(=O)N1CCN(C(=O)c2cccc(OC(C)=O)c2)CC1. The van der Waals surface area contributed by atoms with Crippen LogP contribution < -0.4 is 14.2 Å². The molecule has 0 atom stereocenters. The van der Waals surface area contributed by atoms with Crippen LogP contribution in [0.1, 0.15) is 24.2 Å². The number of hydrogen-bond donors (Lipinski definition) is 0. The summed E-state index contributed by atoms with van der Waals surface area (Å²) in [7, 11) is 0. The fourth-order valence-corrected chi connectivity index (χ4v) is 3.28. The molecule has 31 heavy (non-hydrogen) atoms. The molecule has 1 heterocycles. The van der Waals surface area contributed by atoms with Crippen LogP contribution in [0.25, 0.3) is 0 Å². The van der Waals surface area contributed by atoms with Gasteiger partial charge in [-0.2, -0.15) is 0 Å². The van der Waals surface area contributed by atoms with Crippen LogP contribution in [0.2, 0.25) is 0 Å². The second-order valence-electron chi connectivity index (χ2n) is 6.96. The maximum atomic E-state index is 12.8. The molecule has 8 heteroatoms. The largest absolute Gasteiger partial charge is 0.490 e. The van der Waals surface area contributed by atoms with Gasteiger partial charge in [-0.05, 0) is 37.3 Å². The molecule has 0 N–H and O–H groups in total. The Morgan fingerprint density at radius 1 is 0.871 bits per heavy atom. The van der Waals surface area contributed by atoms with Crippen molar-refractivity contribution in [3.8, 4) is 17.2 Å². The molecule has 2 aromatic rings. The topological polar surface area (TPSA) is 85.4 Å². The lowest BCUT2D eigenvalue weighted by Crippen LogP contribution is -2.51.